The summed E-state index contributed by atoms with van der Waals surface area (Å²) >= 11 is 5.92. The number of hydrogen-bond donors (Lipinski definition) is 0. The average Bonchev–Trinajstić information content (AvgIpc) is 2.31. The van der Waals surface area contributed by atoms with Crippen LogP contribution in [0.3, 0.4) is 0 Å². The van der Waals surface area contributed by atoms with E-state index in [1.807, 2.05) is 6.92 Å². The van der Waals surface area contributed by atoms with E-state index in [-0.39, 0.29) is 10.7 Å². The highest BCUT2D eigenvalue weighted by Crippen LogP contribution is 2.32. The van der Waals surface area contributed by atoms with Crippen LogP contribution in [0.25, 0.3) is 0 Å². The summed E-state index contributed by atoms with van der Waals surface area (Å²) in [6.07, 6.45) is 1.62. The molecule has 0 aliphatic carbocycles. The van der Waals surface area contributed by atoms with Crippen LogP contribution in [0.15, 0.2) is 36.5 Å². The van der Waals surface area contributed by atoms with E-state index >= 15 is 0 Å². The first-order chi connectivity index (χ1) is 8.56. The lowest BCUT2D eigenvalue weighted by Gasteiger charge is -2.07. The molecule has 0 bridgehead atoms. The molecule has 1 aromatic carbocycles. The molecule has 0 N–H and O–H groups in total. The van der Waals surface area contributed by atoms with Gasteiger partial charge in [0.05, 0.1) is 9.95 Å². The lowest BCUT2D eigenvalue weighted by atomic mass is 10.3. The van der Waals surface area contributed by atoms with Gasteiger partial charge in [0.2, 0.25) is 0 Å². The lowest BCUT2D eigenvalue weighted by Crippen LogP contribution is -1.90. The van der Waals surface area contributed by atoms with Crippen molar-refractivity contribution in [3.8, 4) is 11.5 Å². The fraction of sp³-hybridized carbons (Fsp3) is 0.0833. The maximum absolute atomic E-state index is 10.6. The number of ether oxygens (including phenoxy) is 1. The van der Waals surface area contributed by atoms with E-state index in [4.69, 9.17) is 16.3 Å². The van der Waals surface area contributed by atoms with E-state index in [2.05, 4.69) is 4.98 Å². The number of aryl methyl sites for hydroxylation is 1. The number of aromatic nitrogens is 1. The fourth-order valence-corrected chi connectivity index (χ4v) is 1.61. The van der Waals surface area contributed by atoms with Gasteiger partial charge in [-0.25, -0.2) is 0 Å². The molecule has 1 heterocycles. The highest BCUT2D eigenvalue weighted by molar-refractivity contribution is 6.32. The Balaban J connectivity index is 2.27. The van der Waals surface area contributed by atoms with E-state index in [9.17, 15) is 10.1 Å². The number of nitro groups is 1. The molecule has 0 unspecified atom stereocenters. The number of pyridine rings is 1. The second-order valence-corrected chi connectivity index (χ2v) is 4.01. The minimum atomic E-state index is -0.508. The van der Waals surface area contributed by atoms with Crippen LogP contribution in [0.1, 0.15) is 5.69 Å². The van der Waals surface area contributed by atoms with Gasteiger partial charge >= 0.3 is 0 Å². The van der Waals surface area contributed by atoms with Crippen molar-refractivity contribution in [2.45, 2.75) is 6.92 Å². The van der Waals surface area contributed by atoms with Crippen molar-refractivity contribution >= 4 is 17.3 Å². The quantitative estimate of drug-likeness (QED) is 0.626. The van der Waals surface area contributed by atoms with Gasteiger partial charge in [-0.3, -0.25) is 15.1 Å². The third-order valence-electron chi connectivity index (χ3n) is 2.22. The summed E-state index contributed by atoms with van der Waals surface area (Å²) < 4.78 is 5.53. The van der Waals surface area contributed by atoms with Gasteiger partial charge in [0, 0.05) is 30.1 Å². The fourth-order valence-electron chi connectivity index (χ4n) is 1.40. The molecule has 0 radical (unpaired) electrons. The van der Waals surface area contributed by atoms with Gasteiger partial charge < -0.3 is 4.74 Å². The molecule has 0 atom stereocenters. The Kier molecular flexibility index (Phi) is 3.43. The molecule has 0 aliphatic rings. The lowest BCUT2D eigenvalue weighted by molar-refractivity contribution is -0.384. The van der Waals surface area contributed by atoms with Crippen molar-refractivity contribution in [3.05, 3.63) is 57.4 Å². The molecule has 0 saturated heterocycles. The molecule has 5 nitrogen and oxygen atoms in total. The topological polar surface area (TPSA) is 65.3 Å². The molecule has 18 heavy (non-hydrogen) atoms. The molecule has 0 fully saturated rings. The Morgan fingerprint density at radius 2 is 2.11 bits per heavy atom. The van der Waals surface area contributed by atoms with Crippen molar-refractivity contribution < 1.29 is 9.66 Å². The first-order valence-electron chi connectivity index (χ1n) is 5.11. The average molecular weight is 265 g/mol. The first kappa shape index (κ1) is 12.3. The molecule has 0 spiro atoms. The summed E-state index contributed by atoms with van der Waals surface area (Å²) in [6.45, 7) is 1.84. The summed E-state index contributed by atoms with van der Waals surface area (Å²) in [6, 6.07) is 7.50. The van der Waals surface area contributed by atoms with Crippen molar-refractivity contribution in [2.24, 2.45) is 0 Å². The Hall–Kier alpha value is -2.14. The smallest absolute Gasteiger partial charge is 0.271 e. The number of non-ortho nitro benzene ring substituents is 1. The monoisotopic (exact) mass is 264 g/mol. The minimum Gasteiger partial charge on any atom is -0.456 e. The zero-order chi connectivity index (χ0) is 13.1. The molecule has 1 aromatic heterocycles. The van der Waals surface area contributed by atoms with Crippen molar-refractivity contribution in [2.75, 3.05) is 0 Å². The van der Waals surface area contributed by atoms with Crippen LogP contribution >= 0.6 is 11.6 Å². The van der Waals surface area contributed by atoms with Crippen molar-refractivity contribution in [3.63, 3.8) is 0 Å². The zero-order valence-corrected chi connectivity index (χ0v) is 10.2. The summed E-state index contributed by atoms with van der Waals surface area (Å²) in [7, 11) is 0. The van der Waals surface area contributed by atoms with Gasteiger partial charge in [-0.2, -0.15) is 0 Å². The standard InChI is InChI=1S/C12H9ClN2O3/c1-8-6-10(4-5-14-8)18-12-3-2-9(15(16)17)7-11(12)13/h2-7H,1H3. The largest absolute Gasteiger partial charge is 0.456 e. The maximum Gasteiger partial charge on any atom is 0.271 e. The van der Waals surface area contributed by atoms with Crippen LogP contribution < -0.4 is 4.74 Å². The first-order valence-corrected chi connectivity index (χ1v) is 5.48. The number of benzene rings is 1. The molecule has 2 rings (SSSR count). The highest BCUT2D eigenvalue weighted by atomic mass is 35.5. The van der Waals surface area contributed by atoms with Crippen LogP contribution in [0, 0.1) is 17.0 Å². The van der Waals surface area contributed by atoms with Gasteiger partial charge in [0.15, 0.2) is 0 Å². The maximum atomic E-state index is 10.6. The van der Waals surface area contributed by atoms with Gasteiger partial charge in [-0.05, 0) is 19.1 Å². The SMILES string of the molecule is Cc1cc(Oc2ccc([N+](=O)[O-])cc2Cl)ccn1. The molecule has 0 saturated carbocycles. The Morgan fingerprint density at radius 3 is 2.72 bits per heavy atom. The third kappa shape index (κ3) is 2.75. The number of nitro benzene ring substituents is 1. The van der Waals surface area contributed by atoms with Crippen LogP contribution in [-0.4, -0.2) is 9.91 Å². The molecule has 6 heteroatoms. The van der Waals surface area contributed by atoms with Crippen LogP contribution in [0.5, 0.6) is 11.5 Å². The number of rotatable bonds is 3. The van der Waals surface area contributed by atoms with Crippen LogP contribution in [0.4, 0.5) is 5.69 Å². The Morgan fingerprint density at radius 1 is 1.33 bits per heavy atom. The summed E-state index contributed by atoms with van der Waals surface area (Å²) in [5.74, 6) is 0.950. The predicted octanol–water partition coefficient (Wildman–Crippen LogP) is 3.74. The predicted molar refractivity (Wildman–Crippen MR) is 67.2 cm³/mol. The minimum absolute atomic E-state index is 0.0711. The molecule has 0 amide bonds. The molecule has 0 aliphatic heterocycles. The molecule has 2 aromatic rings. The second-order valence-electron chi connectivity index (χ2n) is 3.61. The summed E-state index contributed by atoms with van der Waals surface area (Å²) in [5, 5.41) is 10.8. The van der Waals surface area contributed by atoms with Crippen LogP contribution in [-0.2, 0) is 0 Å². The molecular formula is C12H9ClN2O3. The third-order valence-corrected chi connectivity index (χ3v) is 2.52. The number of nitrogens with zero attached hydrogens (tertiary/aromatic N) is 2. The highest BCUT2D eigenvalue weighted by Gasteiger charge is 2.10. The van der Waals surface area contributed by atoms with E-state index in [0.717, 1.165) is 5.69 Å². The van der Waals surface area contributed by atoms with E-state index in [0.29, 0.717) is 11.5 Å². The molecule has 92 valence electrons. The number of hydrogen-bond acceptors (Lipinski definition) is 4. The Bertz CT molecular complexity index is 602. The Labute approximate surface area is 108 Å². The van der Waals surface area contributed by atoms with E-state index in [1.165, 1.54) is 18.2 Å². The van der Waals surface area contributed by atoms with Gasteiger partial charge in [0.25, 0.3) is 5.69 Å². The normalized spacial score (nSPS) is 10.1. The van der Waals surface area contributed by atoms with Gasteiger partial charge in [-0.1, -0.05) is 11.6 Å². The summed E-state index contributed by atoms with van der Waals surface area (Å²) in [5.41, 5.74) is 0.740. The summed E-state index contributed by atoms with van der Waals surface area (Å²) in [4.78, 5) is 14.1. The van der Waals surface area contributed by atoms with Gasteiger partial charge in [-0.15, -0.1) is 0 Å². The van der Waals surface area contributed by atoms with Gasteiger partial charge in [0.1, 0.15) is 11.5 Å². The van der Waals surface area contributed by atoms with E-state index in [1.54, 1.807) is 18.3 Å². The molecular weight excluding hydrogens is 256 g/mol. The zero-order valence-electron chi connectivity index (χ0n) is 9.46. The number of halogens is 1. The second kappa shape index (κ2) is 5.01. The van der Waals surface area contributed by atoms with Crippen LogP contribution in [0.2, 0.25) is 5.02 Å². The van der Waals surface area contributed by atoms with Crippen molar-refractivity contribution in [1.29, 1.82) is 0 Å². The van der Waals surface area contributed by atoms with Crippen molar-refractivity contribution in [1.82, 2.24) is 4.98 Å². The van der Waals surface area contributed by atoms with E-state index < -0.39 is 4.92 Å².